The summed E-state index contributed by atoms with van der Waals surface area (Å²) in [6, 6.07) is 6.39. The summed E-state index contributed by atoms with van der Waals surface area (Å²) in [6.45, 7) is 3.77. The van der Waals surface area contributed by atoms with E-state index >= 15 is 0 Å². The minimum absolute atomic E-state index is 0. The quantitative estimate of drug-likeness (QED) is 0.721. The van der Waals surface area contributed by atoms with Gasteiger partial charge in [-0.3, -0.25) is 4.90 Å². The van der Waals surface area contributed by atoms with E-state index in [0.29, 0.717) is 5.92 Å². The van der Waals surface area contributed by atoms with Crippen molar-refractivity contribution in [3.63, 3.8) is 0 Å². The van der Waals surface area contributed by atoms with Crippen molar-refractivity contribution in [2.24, 2.45) is 5.92 Å². The number of rotatable bonds is 6. The first kappa shape index (κ1) is 22.3. The van der Waals surface area contributed by atoms with E-state index in [1.54, 1.807) is 12.1 Å². The van der Waals surface area contributed by atoms with Gasteiger partial charge in [-0.15, -0.1) is 24.8 Å². The molecule has 25 heavy (non-hydrogen) atoms. The smallest absolute Gasteiger partial charge is 0.428 e. The van der Waals surface area contributed by atoms with Gasteiger partial charge in [0.15, 0.2) is 0 Å². The lowest BCUT2D eigenvalue weighted by Gasteiger charge is -2.35. The van der Waals surface area contributed by atoms with Gasteiger partial charge in [0.2, 0.25) is 0 Å². The summed E-state index contributed by atoms with van der Waals surface area (Å²) in [6.07, 6.45) is -5.98. The van der Waals surface area contributed by atoms with E-state index in [1.165, 1.54) is 12.1 Å². The molecule has 0 spiro atoms. The zero-order valence-corrected chi connectivity index (χ0v) is 15.1. The van der Waals surface area contributed by atoms with Crippen molar-refractivity contribution in [3.8, 4) is 5.75 Å². The van der Waals surface area contributed by atoms with Crippen LogP contribution in [0.3, 0.4) is 0 Å². The van der Waals surface area contributed by atoms with E-state index in [9.17, 15) is 17.6 Å². The van der Waals surface area contributed by atoms with E-state index in [0.717, 1.165) is 44.6 Å². The van der Waals surface area contributed by atoms with Crippen molar-refractivity contribution in [2.45, 2.75) is 31.4 Å². The van der Waals surface area contributed by atoms with Crippen molar-refractivity contribution >= 4 is 24.8 Å². The molecule has 144 valence electrons. The molecule has 1 heterocycles. The van der Waals surface area contributed by atoms with Crippen molar-refractivity contribution in [3.05, 3.63) is 29.8 Å². The topological polar surface area (TPSA) is 24.5 Å². The number of hydrogen-bond donors (Lipinski definition) is 1. The number of halogens is 6. The molecule has 1 saturated carbocycles. The molecule has 1 aliphatic heterocycles. The molecular formula is C16H22Cl2F4N2O. The number of alkyl halides is 4. The maximum Gasteiger partial charge on any atom is 0.461 e. The molecule has 0 bridgehead atoms. The SMILES string of the molecule is Cl.Cl.FC(F)C(F)(F)Oc1ccc([C@H](C2CC2)N2CCNCC2)cc1. The number of piperazine rings is 1. The minimum Gasteiger partial charge on any atom is -0.428 e. The standard InChI is InChI=1S/C16H20F4N2O.2ClH/c17-15(18)16(19,20)23-13-5-3-12(4-6-13)14(11-1-2-11)22-9-7-21-8-10-22;;/h3-6,11,14-15,21H,1-2,7-10H2;2*1H/t14-;;/m0../s1. The third-order valence-corrected chi connectivity index (χ3v) is 4.34. The second-order valence-electron chi connectivity index (χ2n) is 6.10. The van der Waals surface area contributed by atoms with Gasteiger partial charge in [0.05, 0.1) is 0 Å². The van der Waals surface area contributed by atoms with Crippen molar-refractivity contribution in [1.82, 2.24) is 10.2 Å². The van der Waals surface area contributed by atoms with E-state index in [-0.39, 0.29) is 36.6 Å². The van der Waals surface area contributed by atoms with Crippen LogP contribution in [0.4, 0.5) is 17.6 Å². The fourth-order valence-corrected chi connectivity index (χ4v) is 3.09. The number of nitrogens with zero attached hydrogens (tertiary/aromatic N) is 1. The summed E-state index contributed by atoms with van der Waals surface area (Å²) in [5, 5.41) is 3.31. The van der Waals surface area contributed by atoms with Crippen LogP contribution < -0.4 is 10.1 Å². The maximum atomic E-state index is 12.9. The summed E-state index contributed by atoms with van der Waals surface area (Å²) >= 11 is 0. The Morgan fingerprint density at radius 3 is 2.08 bits per heavy atom. The Hall–Kier alpha value is -0.760. The highest BCUT2D eigenvalue weighted by Crippen LogP contribution is 2.45. The third kappa shape index (κ3) is 5.61. The van der Waals surface area contributed by atoms with Crippen LogP contribution in [0.2, 0.25) is 0 Å². The van der Waals surface area contributed by atoms with E-state index in [2.05, 4.69) is 15.0 Å². The molecule has 1 aromatic rings. The summed E-state index contributed by atoms with van der Waals surface area (Å²) in [7, 11) is 0. The lowest BCUT2D eigenvalue weighted by atomic mass is 9.99. The first-order valence-corrected chi connectivity index (χ1v) is 7.87. The van der Waals surface area contributed by atoms with Gasteiger partial charge in [-0.25, -0.2) is 0 Å². The Kier molecular flexibility index (Phi) is 8.25. The molecule has 0 amide bonds. The summed E-state index contributed by atoms with van der Waals surface area (Å²) < 4.78 is 54.3. The normalized spacial score (nSPS) is 19.7. The summed E-state index contributed by atoms with van der Waals surface area (Å²) in [5.41, 5.74) is 1.03. The first-order chi connectivity index (χ1) is 11.0. The van der Waals surface area contributed by atoms with E-state index < -0.39 is 12.5 Å². The lowest BCUT2D eigenvalue weighted by Crippen LogP contribution is -2.45. The predicted molar refractivity (Wildman–Crippen MR) is 92.4 cm³/mol. The van der Waals surface area contributed by atoms with Gasteiger partial charge in [0.1, 0.15) is 5.75 Å². The Morgan fingerprint density at radius 2 is 1.60 bits per heavy atom. The Morgan fingerprint density at radius 1 is 1.04 bits per heavy atom. The molecule has 3 rings (SSSR count). The molecule has 2 aliphatic rings. The van der Waals surface area contributed by atoms with Crippen LogP contribution in [0.1, 0.15) is 24.4 Å². The van der Waals surface area contributed by atoms with Crippen LogP contribution in [0.5, 0.6) is 5.75 Å². The van der Waals surface area contributed by atoms with Crippen LogP contribution in [-0.4, -0.2) is 43.6 Å². The molecule has 1 aliphatic carbocycles. The van der Waals surface area contributed by atoms with Crippen LogP contribution in [0, 0.1) is 5.92 Å². The average molecular weight is 405 g/mol. The molecule has 0 unspecified atom stereocenters. The third-order valence-electron chi connectivity index (χ3n) is 4.34. The number of ether oxygens (including phenoxy) is 1. The predicted octanol–water partition coefficient (Wildman–Crippen LogP) is 4.12. The van der Waals surface area contributed by atoms with Gasteiger partial charge in [-0.1, -0.05) is 12.1 Å². The largest absolute Gasteiger partial charge is 0.461 e. The molecule has 1 saturated heterocycles. The van der Waals surface area contributed by atoms with Crippen LogP contribution in [0.25, 0.3) is 0 Å². The van der Waals surface area contributed by atoms with Gasteiger partial charge in [-0.2, -0.15) is 17.6 Å². The molecule has 1 N–H and O–H groups in total. The van der Waals surface area contributed by atoms with Gasteiger partial charge in [-0.05, 0) is 36.5 Å². The van der Waals surface area contributed by atoms with Crippen LogP contribution in [-0.2, 0) is 0 Å². The second-order valence-corrected chi connectivity index (χ2v) is 6.10. The van der Waals surface area contributed by atoms with Crippen molar-refractivity contribution in [1.29, 1.82) is 0 Å². The summed E-state index contributed by atoms with van der Waals surface area (Å²) in [4.78, 5) is 2.40. The fraction of sp³-hybridized carbons (Fsp3) is 0.625. The van der Waals surface area contributed by atoms with Gasteiger partial charge >= 0.3 is 12.5 Å². The van der Waals surface area contributed by atoms with Gasteiger partial charge in [0, 0.05) is 32.2 Å². The molecule has 0 aromatic heterocycles. The lowest BCUT2D eigenvalue weighted by molar-refractivity contribution is -0.253. The fourth-order valence-electron chi connectivity index (χ4n) is 3.09. The number of benzene rings is 1. The Balaban J connectivity index is 0.00000156. The highest BCUT2D eigenvalue weighted by molar-refractivity contribution is 5.85. The van der Waals surface area contributed by atoms with Crippen LogP contribution in [0.15, 0.2) is 24.3 Å². The molecular weight excluding hydrogens is 383 g/mol. The average Bonchev–Trinajstić information content (AvgIpc) is 3.35. The van der Waals surface area contributed by atoms with Gasteiger partial charge in [0.25, 0.3) is 0 Å². The Bertz CT molecular complexity index is 523. The van der Waals surface area contributed by atoms with Gasteiger partial charge < -0.3 is 10.1 Å². The second kappa shape index (κ2) is 9.26. The first-order valence-electron chi connectivity index (χ1n) is 7.87. The Labute approximate surface area is 156 Å². The highest BCUT2D eigenvalue weighted by Gasteiger charge is 2.44. The number of hydrogen-bond acceptors (Lipinski definition) is 3. The monoisotopic (exact) mass is 404 g/mol. The van der Waals surface area contributed by atoms with Crippen molar-refractivity contribution < 1.29 is 22.3 Å². The zero-order valence-electron chi connectivity index (χ0n) is 13.5. The molecule has 1 atom stereocenters. The molecule has 2 fully saturated rings. The zero-order chi connectivity index (χ0) is 16.4. The van der Waals surface area contributed by atoms with E-state index in [1.807, 2.05) is 0 Å². The van der Waals surface area contributed by atoms with Crippen LogP contribution >= 0.6 is 24.8 Å². The number of nitrogens with one attached hydrogen (secondary N) is 1. The minimum atomic E-state index is -4.46. The maximum absolute atomic E-state index is 12.9. The molecule has 9 heteroatoms. The summed E-state index contributed by atoms with van der Waals surface area (Å²) in [5.74, 6) is 0.344. The molecule has 0 radical (unpaired) electrons. The highest BCUT2D eigenvalue weighted by atomic mass is 35.5. The molecule has 3 nitrogen and oxygen atoms in total. The van der Waals surface area contributed by atoms with E-state index in [4.69, 9.17) is 0 Å². The molecule has 1 aromatic carbocycles. The van der Waals surface area contributed by atoms with Crippen molar-refractivity contribution in [2.75, 3.05) is 26.2 Å².